The molecule has 0 atom stereocenters. The molecular weight excluding hydrogens is 330 g/mol. The van der Waals surface area contributed by atoms with Crippen molar-refractivity contribution < 1.29 is 18.7 Å². The van der Waals surface area contributed by atoms with Gasteiger partial charge in [0.05, 0.1) is 13.7 Å². The normalized spacial score (nSPS) is 11.1. The molecule has 136 valence electrons. The molecule has 0 fully saturated rings. The number of para-hydroxylation sites is 1. The van der Waals surface area contributed by atoms with Gasteiger partial charge in [0.15, 0.2) is 0 Å². The van der Waals surface area contributed by atoms with Gasteiger partial charge in [0.2, 0.25) is 5.76 Å². The Hall–Kier alpha value is -2.79. The molecule has 5 heteroatoms. The third kappa shape index (κ3) is 3.89. The molecule has 26 heavy (non-hydrogen) atoms. The van der Waals surface area contributed by atoms with Crippen molar-refractivity contribution in [2.24, 2.45) is 0 Å². The van der Waals surface area contributed by atoms with E-state index in [4.69, 9.17) is 13.9 Å². The Labute approximate surface area is 153 Å². The quantitative estimate of drug-likeness (QED) is 0.594. The minimum absolute atomic E-state index is 0.287. The largest absolute Gasteiger partial charge is 0.497 e. The van der Waals surface area contributed by atoms with Gasteiger partial charge < -0.3 is 13.9 Å². The fourth-order valence-electron chi connectivity index (χ4n) is 2.99. The first-order valence-corrected chi connectivity index (χ1v) is 8.61. The van der Waals surface area contributed by atoms with E-state index in [-0.39, 0.29) is 5.76 Å². The highest BCUT2D eigenvalue weighted by Gasteiger charge is 2.22. The first kappa shape index (κ1) is 18.0. The number of benzene rings is 2. The number of fused-ring (bicyclic) bond motifs is 1. The summed E-state index contributed by atoms with van der Waals surface area (Å²) in [6.45, 7) is 3.43. The SMILES string of the molecule is CCOC(=O)c1oc2ccccc2c1CN(C)Cc1ccc(OC)cc1. The summed E-state index contributed by atoms with van der Waals surface area (Å²) in [6, 6.07) is 15.6. The minimum Gasteiger partial charge on any atom is -0.497 e. The number of methoxy groups -OCH3 is 1. The van der Waals surface area contributed by atoms with Gasteiger partial charge in [-0.05, 0) is 37.7 Å². The van der Waals surface area contributed by atoms with E-state index in [0.29, 0.717) is 18.7 Å². The zero-order valence-electron chi connectivity index (χ0n) is 15.3. The van der Waals surface area contributed by atoms with Crippen LogP contribution in [0.1, 0.15) is 28.6 Å². The maximum atomic E-state index is 12.3. The number of nitrogens with zero attached hydrogens (tertiary/aromatic N) is 1. The number of esters is 1. The highest BCUT2D eigenvalue weighted by atomic mass is 16.5. The van der Waals surface area contributed by atoms with Crippen LogP contribution in [0, 0.1) is 0 Å². The van der Waals surface area contributed by atoms with E-state index in [1.807, 2.05) is 55.6 Å². The number of furan rings is 1. The smallest absolute Gasteiger partial charge is 0.374 e. The summed E-state index contributed by atoms with van der Waals surface area (Å²) < 4.78 is 16.1. The Morgan fingerprint density at radius 3 is 2.50 bits per heavy atom. The van der Waals surface area contributed by atoms with Gasteiger partial charge in [-0.25, -0.2) is 4.79 Å². The average Bonchev–Trinajstić information content (AvgIpc) is 3.01. The molecule has 0 bridgehead atoms. The topological polar surface area (TPSA) is 51.9 Å². The van der Waals surface area contributed by atoms with Gasteiger partial charge in [0.1, 0.15) is 11.3 Å². The first-order chi connectivity index (χ1) is 12.6. The second-order valence-electron chi connectivity index (χ2n) is 6.15. The monoisotopic (exact) mass is 353 g/mol. The molecule has 5 nitrogen and oxygen atoms in total. The molecule has 2 aromatic carbocycles. The van der Waals surface area contributed by atoms with Gasteiger partial charge in [-0.1, -0.05) is 30.3 Å². The van der Waals surface area contributed by atoms with Crippen molar-refractivity contribution in [2.45, 2.75) is 20.0 Å². The molecule has 0 N–H and O–H groups in total. The number of carbonyl (C=O) groups excluding carboxylic acids is 1. The van der Waals surface area contributed by atoms with Crippen LogP contribution in [0.5, 0.6) is 5.75 Å². The van der Waals surface area contributed by atoms with Crippen LogP contribution in [-0.4, -0.2) is 31.6 Å². The van der Waals surface area contributed by atoms with Crippen molar-refractivity contribution in [3.8, 4) is 5.75 Å². The van der Waals surface area contributed by atoms with Gasteiger partial charge in [0, 0.05) is 24.0 Å². The van der Waals surface area contributed by atoms with Crippen LogP contribution in [0.3, 0.4) is 0 Å². The molecule has 1 aromatic heterocycles. The Bertz CT molecular complexity index is 883. The van der Waals surface area contributed by atoms with Crippen LogP contribution >= 0.6 is 0 Å². The summed E-state index contributed by atoms with van der Waals surface area (Å²) in [4.78, 5) is 14.4. The van der Waals surface area contributed by atoms with E-state index in [1.54, 1.807) is 14.0 Å². The Morgan fingerprint density at radius 1 is 1.08 bits per heavy atom. The number of rotatable bonds is 7. The lowest BCUT2D eigenvalue weighted by atomic mass is 10.1. The minimum atomic E-state index is -0.420. The number of hydrogen-bond donors (Lipinski definition) is 0. The molecule has 0 spiro atoms. The van der Waals surface area contributed by atoms with E-state index < -0.39 is 5.97 Å². The maximum absolute atomic E-state index is 12.3. The van der Waals surface area contributed by atoms with Crippen molar-refractivity contribution in [1.82, 2.24) is 4.90 Å². The van der Waals surface area contributed by atoms with Crippen LogP contribution in [0.15, 0.2) is 52.9 Å². The molecule has 0 radical (unpaired) electrons. The van der Waals surface area contributed by atoms with Crippen molar-refractivity contribution in [1.29, 1.82) is 0 Å². The summed E-state index contributed by atoms with van der Waals surface area (Å²) >= 11 is 0. The molecule has 0 amide bonds. The van der Waals surface area contributed by atoms with E-state index in [1.165, 1.54) is 5.56 Å². The van der Waals surface area contributed by atoms with Gasteiger partial charge in [-0.3, -0.25) is 4.90 Å². The Morgan fingerprint density at radius 2 is 1.81 bits per heavy atom. The van der Waals surface area contributed by atoms with Crippen molar-refractivity contribution in [3.05, 3.63) is 65.4 Å². The zero-order chi connectivity index (χ0) is 18.5. The molecule has 0 aliphatic rings. The number of ether oxygens (including phenoxy) is 2. The zero-order valence-corrected chi connectivity index (χ0v) is 15.3. The molecular formula is C21H23NO4. The average molecular weight is 353 g/mol. The molecule has 0 aliphatic heterocycles. The van der Waals surface area contributed by atoms with E-state index >= 15 is 0 Å². The number of hydrogen-bond acceptors (Lipinski definition) is 5. The summed E-state index contributed by atoms with van der Waals surface area (Å²) in [5, 5.41) is 0.942. The van der Waals surface area contributed by atoms with Crippen LogP contribution in [0.2, 0.25) is 0 Å². The first-order valence-electron chi connectivity index (χ1n) is 8.61. The standard InChI is InChI=1S/C21H23NO4/c1-4-25-21(23)20-18(17-7-5-6-8-19(17)26-20)14-22(2)13-15-9-11-16(24-3)12-10-15/h5-12H,4,13-14H2,1-3H3. The van der Waals surface area contributed by atoms with Crippen molar-refractivity contribution >= 4 is 16.9 Å². The van der Waals surface area contributed by atoms with Gasteiger partial charge in [0.25, 0.3) is 0 Å². The second-order valence-corrected chi connectivity index (χ2v) is 6.15. The fourth-order valence-corrected chi connectivity index (χ4v) is 2.99. The molecule has 3 aromatic rings. The lowest BCUT2D eigenvalue weighted by molar-refractivity contribution is 0.0489. The predicted molar refractivity (Wildman–Crippen MR) is 100 cm³/mol. The molecule has 0 saturated heterocycles. The van der Waals surface area contributed by atoms with Crippen LogP contribution in [0.4, 0.5) is 0 Å². The Balaban J connectivity index is 1.83. The van der Waals surface area contributed by atoms with E-state index in [0.717, 1.165) is 23.2 Å². The molecule has 0 saturated carbocycles. The van der Waals surface area contributed by atoms with E-state index in [2.05, 4.69) is 4.90 Å². The highest BCUT2D eigenvalue weighted by Crippen LogP contribution is 2.28. The van der Waals surface area contributed by atoms with Crippen LogP contribution in [0.25, 0.3) is 11.0 Å². The molecule has 3 rings (SSSR count). The molecule has 0 aliphatic carbocycles. The lowest BCUT2D eigenvalue weighted by Crippen LogP contribution is -2.19. The summed E-state index contributed by atoms with van der Waals surface area (Å²) in [7, 11) is 3.67. The van der Waals surface area contributed by atoms with Gasteiger partial charge in [-0.15, -0.1) is 0 Å². The van der Waals surface area contributed by atoms with Gasteiger partial charge in [-0.2, -0.15) is 0 Å². The second kappa shape index (κ2) is 8.06. The third-order valence-electron chi connectivity index (χ3n) is 4.20. The fraction of sp³-hybridized carbons (Fsp3) is 0.286. The Kier molecular flexibility index (Phi) is 5.58. The van der Waals surface area contributed by atoms with E-state index in [9.17, 15) is 4.79 Å². The third-order valence-corrected chi connectivity index (χ3v) is 4.20. The van der Waals surface area contributed by atoms with Crippen LogP contribution in [-0.2, 0) is 17.8 Å². The summed E-state index contributed by atoms with van der Waals surface area (Å²) in [6.07, 6.45) is 0. The van der Waals surface area contributed by atoms with Crippen molar-refractivity contribution in [3.63, 3.8) is 0 Å². The van der Waals surface area contributed by atoms with Crippen molar-refractivity contribution in [2.75, 3.05) is 20.8 Å². The summed E-state index contributed by atoms with van der Waals surface area (Å²) in [5.41, 5.74) is 2.72. The maximum Gasteiger partial charge on any atom is 0.374 e. The van der Waals surface area contributed by atoms with Crippen LogP contribution < -0.4 is 4.74 Å². The summed E-state index contributed by atoms with van der Waals surface area (Å²) in [5.74, 6) is 0.702. The predicted octanol–water partition coefficient (Wildman–Crippen LogP) is 4.25. The highest BCUT2D eigenvalue weighted by molar-refractivity contribution is 5.96. The lowest BCUT2D eigenvalue weighted by Gasteiger charge is -2.17. The van der Waals surface area contributed by atoms with Gasteiger partial charge >= 0.3 is 5.97 Å². The molecule has 0 unspecified atom stereocenters. The number of carbonyl (C=O) groups is 1. The molecule has 1 heterocycles.